The highest BCUT2D eigenvalue weighted by Gasteiger charge is 2.41. The normalized spacial score (nSPS) is 23.0. The quantitative estimate of drug-likeness (QED) is 0.449. The lowest BCUT2D eigenvalue weighted by molar-refractivity contribution is -0.133. The molecule has 2 aliphatic rings. The zero-order valence-corrected chi connectivity index (χ0v) is 16.6. The van der Waals surface area contributed by atoms with Crippen molar-refractivity contribution in [1.29, 1.82) is 0 Å². The van der Waals surface area contributed by atoms with Crippen LogP contribution in [-0.2, 0) is 20.8 Å². The summed E-state index contributed by atoms with van der Waals surface area (Å²) in [4.78, 5) is 43.1. The molecular weight excluding hydrogens is 342 g/mol. The maximum atomic E-state index is 12.9. The fourth-order valence-electron chi connectivity index (χ4n) is 4.68. The summed E-state index contributed by atoms with van der Waals surface area (Å²) < 4.78 is 0. The molecule has 1 fully saturated rings. The Morgan fingerprint density at radius 3 is 2.33 bits per heavy atom. The molecule has 27 heavy (non-hydrogen) atoms. The van der Waals surface area contributed by atoms with Crippen molar-refractivity contribution in [2.75, 3.05) is 6.61 Å². The van der Waals surface area contributed by atoms with Gasteiger partial charge in [-0.3, -0.25) is 14.4 Å². The minimum atomic E-state index is -0.779. The third-order valence-corrected chi connectivity index (χ3v) is 5.71. The lowest BCUT2D eigenvalue weighted by atomic mass is 9.72. The molecule has 0 heterocycles. The molecule has 0 bridgehead atoms. The number of carbonyl (C=O) groups excluding carboxylic acids is 3. The average molecular weight is 369 g/mol. The largest absolute Gasteiger partial charge is 0.396 e. The summed E-state index contributed by atoms with van der Waals surface area (Å²) >= 11 is 0. The third kappa shape index (κ3) is 3.47. The van der Waals surface area contributed by atoms with Crippen molar-refractivity contribution in [1.82, 2.24) is 0 Å². The summed E-state index contributed by atoms with van der Waals surface area (Å²) in [6.07, 6.45) is 2.36. The minimum Gasteiger partial charge on any atom is -0.396 e. The monoisotopic (exact) mass is 369 g/mol. The Morgan fingerprint density at radius 1 is 1.07 bits per heavy atom. The molecule has 0 aromatic heterocycles. The molecule has 1 aromatic carbocycles. The molecule has 1 saturated carbocycles. The van der Waals surface area contributed by atoms with Gasteiger partial charge < -0.3 is 4.84 Å². The number of nitrogens with zero attached hydrogens (tertiary/aromatic N) is 1. The van der Waals surface area contributed by atoms with Crippen molar-refractivity contribution in [3.8, 4) is 0 Å². The molecular formula is C22H27NO4. The standard InChI is InChI=1S/C22H27NO4/c1-5-16(23-27-6-2)22-18(25)10-14(11-19(22)26)20-12(3)9-13(4)21-15(20)7-8-17(21)24/h9,14,22H,5-8,10-11H2,1-4H3. The molecule has 3 rings (SSSR count). The van der Waals surface area contributed by atoms with Crippen LogP contribution in [0.3, 0.4) is 0 Å². The number of benzene rings is 1. The van der Waals surface area contributed by atoms with Crippen molar-refractivity contribution in [3.05, 3.63) is 33.9 Å². The summed E-state index contributed by atoms with van der Waals surface area (Å²) in [5.41, 5.74) is 5.50. The number of fused-ring (bicyclic) bond motifs is 1. The number of carbonyl (C=O) groups is 3. The van der Waals surface area contributed by atoms with Crippen LogP contribution < -0.4 is 0 Å². The second-order valence-corrected chi connectivity index (χ2v) is 7.53. The Morgan fingerprint density at radius 2 is 1.74 bits per heavy atom. The first-order valence-electron chi connectivity index (χ1n) is 9.79. The summed E-state index contributed by atoms with van der Waals surface area (Å²) in [6.45, 7) is 8.08. The summed E-state index contributed by atoms with van der Waals surface area (Å²) in [5.74, 6) is -0.929. The third-order valence-electron chi connectivity index (χ3n) is 5.71. The maximum Gasteiger partial charge on any atom is 0.163 e. The number of rotatable bonds is 5. The molecule has 0 aliphatic heterocycles. The molecule has 5 heteroatoms. The fraction of sp³-hybridized carbons (Fsp3) is 0.545. The van der Waals surface area contributed by atoms with Crippen molar-refractivity contribution >= 4 is 23.1 Å². The van der Waals surface area contributed by atoms with Crippen molar-refractivity contribution in [3.63, 3.8) is 0 Å². The second kappa shape index (κ2) is 7.75. The highest BCUT2D eigenvalue weighted by atomic mass is 16.6. The van der Waals surface area contributed by atoms with E-state index in [9.17, 15) is 14.4 Å². The van der Waals surface area contributed by atoms with E-state index in [1.165, 1.54) is 0 Å². The maximum absolute atomic E-state index is 12.9. The van der Waals surface area contributed by atoms with Gasteiger partial charge in [0.1, 0.15) is 24.1 Å². The fourth-order valence-corrected chi connectivity index (χ4v) is 4.68. The van der Waals surface area contributed by atoms with E-state index in [1.54, 1.807) is 0 Å². The molecule has 1 aromatic rings. The first-order chi connectivity index (χ1) is 12.9. The van der Waals surface area contributed by atoms with Crippen LogP contribution in [0, 0.1) is 19.8 Å². The highest BCUT2D eigenvalue weighted by molar-refractivity contribution is 6.22. The van der Waals surface area contributed by atoms with Gasteiger partial charge in [0, 0.05) is 24.8 Å². The van der Waals surface area contributed by atoms with E-state index in [4.69, 9.17) is 4.84 Å². The van der Waals surface area contributed by atoms with Gasteiger partial charge in [0.15, 0.2) is 5.78 Å². The van der Waals surface area contributed by atoms with E-state index in [1.807, 2.05) is 33.8 Å². The van der Waals surface area contributed by atoms with Crippen LogP contribution in [-0.4, -0.2) is 29.7 Å². The van der Waals surface area contributed by atoms with E-state index in [0.717, 1.165) is 27.8 Å². The zero-order valence-electron chi connectivity index (χ0n) is 16.6. The molecule has 0 unspecified atom stereocenters. The Bertz CT molecular complexity index is 819. The Kier molecular flexibility index (Phi) is 5.59. The number of hydrogen-bond donors (Lipinski definition) is 0. The van der Waals surface area contributed by atoms with Gasteiger partial charge in [-0.15, -0.1) is 0 Å². The van der Waals surface area contributed by atoms with Gasteiger partial charge in [0.25, 0.3) is 0 Å². The van der Waals surface area contributed by atoms with E-state index in [0.29, 0.717) is 44.4 Å². The molecule has 5 nitrogen and oxygen atoms in total. The summed E-state index contributed by atoms with van der Waals surface area (Å²) in [6, 6.07) is 2.02. The van der Waals surface area contributed by atoms with Crippen LogP contribution in [0.25, 0.3) is 0 Å². The number of hydrogen-bond acceptors (Lipinski definition) is 5. The van der Waals surface area contributed by atoms with Crippen LogP contribution in [0.4, 0.5) is 0 Å². The predicted molar refractivity (Wildman–Crippen MR) is 103 cm³/mol. The number of Topliss-reactive ketones (excluding diaryl/α,β-unsaturated/α-hetero) is 3. The SMILES string of the molecule is CCON=C(CC)C1C(=O)CC(c2c(C)cc(C)c3c2CCC3=O)CC1=O. The Hall–Kier alpha value is -2.30. The molecule has 2 aliphatic carbocycles. The smallest absolute Gasteiger partial charge is 0.163 e. The van der Waals surface area contributed by atoms with Crippen molar-refractivity contribution in [2.24, 2.45) is 11.1 Å². The topological polar surface area (TPSA) is 72.8 Å². The van der Waals surface area contributed by atoms with Crippen LogP contribution in [0.1, 0.15) is 78.1 Å². The van der Waals surface area contributed by atoms with Crippen LogP contribution in [0.5, 0.6) is 0 Å². The highest BCUT2D eigenvalue weighted by Crippen LogP contribution is 2.40. The Labute approximate surface area is 160 Å². The molecule has 0 N–H and O–H groups in total. The first kappa shape index (κ1) is 19.5. The number of aryl methyl sites for hydroxylation is 2. The predicted octanol–water partition coefficient (Wildman–Crippen LogP) is 3.87. The van der Waals surface area contributed by atoms with Gasteiger partial charge in [-0.1, -0.05) is 18.1 Å². The van der Waals surface area contributed by atoms with Gasteiger partial charge in [-0.2, -0.15) is 0 Å². The van der Waals surface area contributed by atoms with Gasteiger partial charge in [0.05, 0.1) is 5.71 Å². The van der Waals surface area contributed by atoms with Gasteiger partial charge in [-0.05, 0) is 61.8 Å². The number of oxime groups is 1. The zero-order chi connectivity index (χ0) is 19.7. The van der Waals surface area contributed by atoms with Gasteiger partial charge >= 0.3 is 0 Å². The van der Waals surface area contributed by atoms with Crippen molar-refractivity contribution in [2.45, 2.75) is 65.7 Å². The van der Waals surface area contributed by atoms with Crippen LogP contribution in [0.2, 0.25) is 0 Å². The van der Waals surface area contributed by atoms with Gasteiger partial charge in [0.2, 0.25) is 0 Å². The Balaban J connectivity index is 1.94. The van der Waals surface area contributed by atoms with Gasteiger partial charge in [-0.25, -0.2) is 0 Å². The molecule has 0 amide bonds. The molecule has 0 spiro atoms. The second-order valence-electron chi connectivity index (χ2n) is 7.53. The molecule has 144 valence electrons. The molecule has 0 saturated heterocycles. The average Bonchev–Trinajstić information content (AvgIpc) is 2.99. The minimum absolute atomic E-state index is 0.0883. The lowest BCUT2D eigenvalue weighted by Gasteiger charge is -2.29. The van der Waals surface area contributed by atoms with E-state index < -0.39 is 5.92 Å². The molecule has 0 atom stereocenters. The van der Waals surface area contributed by atoms with E-state index >= 15 is 0 Å². The van der Waals surface area contributed by atoms with Crippen LogP contribution >= 0.6 is 0 Å². The van der Waals surface area contributed by atoms with E-state index in [-0.39, 0.29) is 23.3 Å². The summed E-state index contributed by atoms with van der Waals surface area (Å²) in [5, 5.41) is 4.01. The lowest BCUT2D eigenvalue weighted by Crippen LogP contribution is -2.38. The summed E-state index contributed by atoms with van der Waals surface area (Å²) in [7, 11) is 0. The first-order valence-corrected chi connectivity index (χ1v) is 9.79. The number of ketones is 3. The van der Waals surface area contributed by atoms with Crippen LogP contribution in [0.15, 0.2) is 11.2 Å². The van der Waals surface area contributed by atoms with E-state index in [2.05, 4.69) is 5.16 Å². The molecule has 0 radical (unpaired) electrons. The van der Waals surface area contributed by atoms with Crippen molar-refractivity contribution < 1.29 is 19.2 Å².